The average molecular weight is 667 g/mol. The fraction of sp³-hybridized carbons (Fsp3) is 0.0455. The minimum atomic E-state index is 0.668. The van der Waals surface area contributed by atoms with Gasteiger partial charge in [-0.25, -0.2) is 9.98 Å². The van der Waals surface area contributed by atoms with Crippen molar-refractivity contribution >= 4 is 104 Å². The molecule has 0 radical (unpaired) electrons. The van der Waals surface area contributed by atoms with Crippen LogP contribution in [0.5, 0.6) is 0 Å². The Hall–Kier alpha value is -5.55. The van der Waals surface area contributed by atoms with Gasteiger partial charge in [0.25, 0.3) is 0 Å². The van der Waals surface area contributed by atoms with Crippen molar-refractivity contribution in [1.29, 1.82) is 0 Å². The normalized spacial score (nSPS) is 14.0. The maximum atomic E-state index is 7.16. The van der Waals surface area contributed by atoms with Gasteiger partial charge in [-0.15, -0.1) is 11.3 Å². The molecule has 0 atom stereocenters. The van der Waals surface area contributed by atoms with E-state index in [0.29, 0.717) is 10.9 Å². The highest BCUT2D eigenvalue weighted by molar-refractivity contribution is 7.25. The number of thiophene rings is 1. The van der Waals surface area contributed by atoms with E-state index in [2.05, 4.69) is 121 Å². The Morgan fingerprint density at radius 2 is 1.27 bits per heavy atom. The van der Waals surface area contributed by atoms with Gasteiger partial charge in [0.2, 0.25) is 0 Å². The van der Waals surface area contributed by atoms with Gasteiger partial charge in [-0.1, -0.05) is 109 Å². The highest BCUT2D eigenvalue weighted by Crippen LogP contribution is 2.41. The van der Waals surface area contributed by atoms with Gasteiger partial charge in [-0.05, 0) is 82.4 Å². The fourth-order valence-electron chi connectivity index (χ4n) is 7.22. The van der Waals surface area contributed by atoms with Gasteiger partial charge in [0.15, 0.2) is 5.84 Å². The number of halogens is 1. The van der Waals surface area contributed by atoms with Crippen molar-refractivity contribution in [1.82, 2.24) is 0 Å². The van der Waals surface area contributed by atoms with Gasteiger partial charge in [-0.2, -0.15) is 0 Å². The Bertz CT molecular complexity index is 2900. The van der Waals surface area contributed by atoms with Crippen LogP contribution in [0.25, 0.3) is 69.4 Å². The topological polar surface area (TPSA) is 37.9 Å². The quantitative estimate of drug-likeness (QED) is 0.185. The molecular weight excluding hydrogens is 640 g/mol. The minimum absolute atomic E-state index is 0.668. The lowest BCUT2D eigenvalue weighted by Gasteiger charge is -2.15. The second-order valence-corrected chi connectivity index (χ2v) is 14.1. The first kappa shape index (κ1) is 28.5. The number of fused-ring (bicyclic) bond motifs is 8. The van der Waals surface area contributed by atoms with Gasteiger partial charge in [0.1, 0.15) is 11.2 Å². The molecule has 0 saturated heterocycles. The third-order valence-corrected chi connectivity index (χ3v) is 11.1. The standard InChI is InChI=1S/C44H27ClN2OS/c45-37-24-35-34-21-27-10-1-2-11-28(27)23-42(34)49-43(35)25-36(37)39-17-8-16-38(29-19-20-32-31-14-5-6-18-40(31)48-41(32)22-29)46-44(47-39)33-15-7-12-26-9-3-4-13-30(26)33/h1-7,9-15,17-25H,8,16H2. The molecule has 7 aromatic carbocycles. The molecule has 9 aromatic rings. The van der Waals surface area contributed by atoms with Crippen molar-refractivity contribution < 1.29 is 4.42 Å². The number of rotatable bonds is 3. The van der Waals surface area contributed by atoms with E-state index in [1.165, 1.54) is 30.9 Å². The van der Waals surface area contributed by atoms with E-state index < -0.39 is 0 Å². The van der Waals surface area contributed by atoms with Crippen molar-refractivity contribution in [3.8, 4) is 0 Å². The molecule has 0 N–H and O–H groups in total. The zero-order chi connectivity index (χ0) is 32.5. The molecule has 3 nitrogen and oxygen atoms in total. The fourth-order valence-corrected chi connectivity index (χ4v) is 8.63. The number of furan rings is 1. The van der Waals surface area contributed by atoms with Crippen molar-refractivity contribution in [3.05, 3.63) is 161 Å². The number of allylic oxidation sites excluding steroid dienone is 1. The molecule has 232 valence electrons. The largest absolute Gasteiger partial charge is 0.456 e. The molecule has 2 aromatic heterocycles. The highest BCUT2D eigenvalue weighted by atomic mass is 35.5. The van der Waals surface area contributed by atoms with E-state index in [4.69, 9.17) is 26.0 Å². The number of aliphatic imine (C=N–C) groups is 2. The summed E-state index contributed by atoms with van der Waals surface area (Å²) in [5.41, 5.74) is 6.51. The van der Waals surface area contributed by atoms with Crippen LogP contribution in [0.15, 0.2) is 154 Å². The molecule has 0 unspecified atom stereocenters. The first-order valence-electron chi connectivity index (χ1n) is 16.5. The van der Waals surface area contributed by atoms with Crippen molar-refractivity contribution in [3.63, 3.8) is 0 Å². The van der Waals surface area contributed by atoms with E-state index in [0.717, 1.165) is 73.7 Å². The third-order valence-electron chi connectivity index (χ3n) is 9.63. The third kappa shape index (κ3) is 4.79. The van der Waals surface area contributed by atoms with Crippen LogP contribution in [0, 0.1) is 0 Å². The lowest BCUT2D eigenvalue weighted by Crippen LogP contribution is -2.09. The molecule has 0 aliphatic carbocycles. The van der Waals surface area contributed by atoms with E-state index in [-0.39, 0.29) is 0 Å². The molecule has 5 heteroatoms. The Balaban J connectivity index is 1.15. The van der Waals surface area contributed by atoms with Crippen LogP contribution in [0.1, 0.15) is 29.5 Å². The summed E-state index contributed by atoms with van der Waals surface area (Å²) in [5.74, 6) is 0.668. The highest BCUT2D eigenvalue weighted by Gasteiger charge is 2.19. The first-order chi connectivity index (χ1) is 24.2. The van der Waals surface area contributed by atoms with Gasteiger partial charge in [0, 0.05) is 42.1 Å². The summed E-state index contributed by atoms with van der Waals surface area (Å²) in [6.07, 6.45) is 3.73. The summed E-state index contributed by atoms with van der Waals surface area (Å²) in [7, 11) is 0. The van der Waals surface area contributed by atoms with Gasteiger partial charge >= 0.3 is 0 Å². The Morgan fingerprint density at radius 1 is 0.551 bits per heavy atom. The van der Waals surface area contributed by atoms with Gasteiger partial charge < -0.3 is 4.42 Å². The number of nitrogens with zero attached hydrogens (tertiary/aromatic N) is 2. The molecule has 1 aliphatic heterocycles. The molecule has 0 amide bonds. The first-order valence-corrected chi connectivity index (χ1v) is 17.7. The SMILES string of the molecule is Clc1cc2c(cc1C1=CCCC(c3ccc4c(c3)oc3ccccc34)=NC(c3cccc4ccccc34)=N1)sc1cc3ccccc3cc12. The lowest BCUT2D eigenvalue weighted by molar-refractivity contribution is 0.669. The summed E-state index contributed by atoms with van der Waals surface area (Å²) in [6, 6.07) is 46.8. The molecular formula is C44H27ClN2OS. The predicted octanol–water partition coefficient (Wildman–Crippen LogP) is 13.0. The van der Waals surface area contributed by atoms with Crippen molar-refractivity contribution in [2.75, 3.05) is 0 Å². The number of benzene rings is 7. The van der Waals surface area contributed by atoms with Crippen LogP contribution >= 0.6 is 22.9 Å². The number of hydrogen-bond donors (Lipinski definition) is 0. The maximum Gasteiger partial charge on any atom is 0.160 e. The predicted molar refractivity (Wildman–Crippen MR) is 210 cm³/mol. The monoisotopic (exact) mass is 666 g/mol. The molecule has 10 rings (SSSR count). The van der Waals surface area contributed by atoms with Crippen molar-refractivity contribution in [2.24, 2.45) is 9.98 Å². The summed E-state index contributed by atoms with van der Waals surface area (Å²) >= 11 is 8.96. The zero-order valence-electron chi connectivity index (χ0n) is 26.3. The van der Waals surface area contributed by atoms with E-state index in [9.17, 15) is 0 Å². The summed E-state index contributed by atoms with van der Waals surface area (Å²) in [4.78, 5) is 10.7. The lowest BCUT2D eigenvalue weighted by atomic mass is 9.99. The van der Waals surface area contributed by atoms with Gasteiger partial charge in [0.05, 0.1) is 16.4 Å². The van der Waals surface area contributed by atoms with E-state index in [1.54, 1.807) is 11.3 Å². The average Bonchev–Trinajstić information content (AvgIpc) is 3.67. The van der Waals surface area contributed by atoms with Gasteiger partial charge in [-0.3, -0.25) is 0 Å². The summed E-state index contributed by atoms with van der Waals surface area (Å²) < 4.78 is 8.71. The molecule has 0 fully saturated rings. The molecule has 0 bridgehead atoms. The molecule has 3 heterocycles. The van der Waals surface area contributed by atoms with Crippen LogP contribution in [-0.2, 0) is 0 Å². The number of para-hydroxylation sites is 1. The van der Waals surface area contributed by atoms with Crippen LogP contribution < -0.4 is 0 Å². The minimum Gasteiger partial charge on any atom is -0.456 e. The zero-order valence-corrected chi connectivity index (χ0v) is 27.9. The maximum absolute atomic E-state index is 7.16. The number of hydrogen-bond acceptors (Lipinski definition) is 4. The van der Waals surface area contributed by atoms with Crippen LogP contribution in [0.2, 0.25) is 5.02 Å². The van der Waals surface area contributed by atoms with E-state index in [1.807, 2.05) is 18.2 Å². The number of amidine groups is 1. The summed E-state index contributed by atoms with van der Waals surface area (Å²) in [5, 5.41) is 10.0. The second kappa shape index (κ2) is 11.3. The Kier molecular flexibility index (Phi) is 6.55. The van der Waals surface area contributed by atoms with Crippen LogP contribution in [0.4, 0.5) is 0 Å². The second-order valence-electron chi connectivity index (χ2n) is 12.6. The summed E-state index contributed by atoms with van der Waals surface area (Å²) in [6.45, 7) is 0. The van der Waals surface area contributed by atoms with Crippen molar-refractivity contribution in [2.45, 2.75) is 12.8 Å². The molecule has 0 saturated carbocycles. The van der Waals surface area contributed by atoms with Crippen LogP contribution in [0.3, 0.4) is 0 Å². The van der Waals surface area contributed by atoms with Crippen LogP contribution in [-0.4, -0.2) is 11.5 Å². The molecule has 49 heavy (non-hydrogen) atoms. The smallest absolute Gasteiger partial charge is 0.160 e. The Labute approximate surface area is 291 Å². The van der Waals surface area contributed by atoms with E-state index >= 15 is 0 Å². The molecule has 1 aliphatic rings. The molecule has 0 spiro atoms. The Morgan fingerprint density at radius 3 is 2.16 bits per heavy atom.